The molecule has 0 spiro atoms. The molecule has 2 amide bonds. The highest BCUT2D eigenvalue weighted by atomic mass is 16.5. The molecule has 1 saturated heterocycles. The van der Waals surface area contributed by atoms with Crippen LogP contribution in [0.3, 0.4) is 0 Å². The highest BCUT2D eigenvalue weighted by Gasteiger charge is 2.36. The summed E-state index contributed by atoms with van der Waals surface area (Å²) in [7, 11) is 3.21. The molecule has 1 aromatic carbocycles. The van der Waals surface area contributed by atoms with Gasteiger partial charge in [-0.2, -0.15) is 5.10 Å². The van der Waals surface area contributed by atoms with Gasteiger partial charge in [-0.05, 0) is 38.1 Å². The molecule has 2 heterocycles. The topological polar surface area (TPSA) is 79.7 Å². The molecular formula is C21H29N5O3. The molecule has 1 atom stereocenters. The molecule has 1 N–H and O–H groups in total. The number of piperazine rings is 1. The van der Waals surface area contributed by atoms with Crippen LogP contribution in [0, 0.1) is 0 Å². The molecule has 29 heavy (non-hydrogen) atoms. The van der Waals surface area contributed by atoms with Gasteiger partial charge in [0.2, 0.25) is 5.91 Å². The number of likely N-dealkylation sites (N-methyl/N-ethyl adjacent to an activating group) is 1. The van der Waals surface area contributed by atoms with Gasteiger partial charge in [0.05, 0.1) is 13.7 Å². The highest BCUT2D eigenvalue weighted by molar-refractivity contribution is 5.98. The van der Waals surface area contributed by atoms with Gasteiger partial charge in [0.1, 0.15) is 11.8 Å². The van der Waals surface area contributed by atoms with Crippen LogP contribution in [0.1, 0.15) is 29.8 Å². The van der Waals surface area contributed by atoms with Gasteiger partial charge in [0.15, 0.2) is 0 Å². The first-order chi connectivity index (χ1) is 13.9. The molecule has 1 aromatic heterocycles. The summed E-state index contributed by atoms with van der Waals surface area (Å²) in [5.74, 6) is 0.407. The number of nitrogens with zero attached hydrogens (tertiary/aromatic N) is 4. The van der Waals surface area contributed by atoms with E-state index in [-0.39, 0.29) is 11.8 Å². The van der Waals surface area contributed by atoms with Crippen molar-refractivity contribution in [2.75, 3.05) is 33.8 Å². The summed E-state index contributed by atoms with van der Waals surface area (Å²) in [4.78, 5) is 29.7. The first-order valence-corrected chi connectivity index (χ1v) is 9.85. The largest absolute Gasteiger partial charge is 0.496 e. The molecule has 1 fully saturated rings. The van der Waals surface area contributed by atoms with Crippen LogP contribution in [0.2, 0.25) is 0 Å². The van der Waals surface area contributed by atoms with Gasteiger partial charge >= 0.3 is 0 Å². The Morgan fingerprint density at radius 1 is 1.31 bits per heavy atom. The van der Waals surface area contributed by atoms with Crippen LogP contribution >= 0.6 is 0 Å². The maximum Gasteiger partial charge on any atom is 0.254 e. The second kappa shape index (κ2) is 9.09. The lowest BCUT2D eigenvalue weighted by molar-refractivity contribution is -0.127. The zero-order valence-corrected chi connectivity index (χ0v) is 17.5. The predicted molar refractivity (Wildman–Crippen MR) is 110 cm³/mol. The Labute approximate surface area is 171 Å². The second-order valence-corrected chi connectivity index (χ2v) is 7.45. The summed E-state index contributed by atoms with van der Waals surface area (Å²) in [5.41, 5.74) is 1.40. The number of carbonyl (C=O) groups is 2. The number of aromatic nitrogens is 2. The fraction of sp³-hybridized carbons (Fsp3) is 0.476. The lowest BCUT2D eigenvalue weighted by Gasteiger charge is -2.42. The molecular weight excluding hydrogens is 370 g/mol. The smallest absolute Gasteiger partial charge is 0.254 e. The first-order valence-electron chi connectivity index (χ1n) is 9.85. The van der Waals surface area contributed by atoms with E-state index in [0.717, 1.165) is 12.1 Å². The van der Waals surface area contributed by atoms with Gasteiger partial charge in [-0.3, -0.25) is 19.2 Å². The van der Waals surface area contributed by atoms with Crippen molar-refractivity contribution in [1.82, 2.24) is 24.9 Å². The summed E-state index contributed by atoms with van der Waals surface area (Å²) in [5, 5.41) is 6.93. The minimum Gasteiger partial charge on any atom is -0.496 e. The average Bonchev–Trinajstić information content (AvgIpc) is 3.25. The van der Waals surface area contributed by atoms with Crippen LogP contribution in [0.25, 0.3) is 0 Å². The Hall–Kier alpha value is -2.87. The SMILES string of the molecule is CNC(=O)C1CN(C(C)C)CCN1C(=O)c1ccc(OC)c(Cn2cccn2)c1. The van der Waals surface area contributed by atoms with Gasteiger partial charge in [0.25, 0.3) is 5.91 Å². The Morgan fingerprint density at radius 2 is 2.10 bits per heavy atom. The Bertz CT molecular complexity index is 850. The highest BCUT2D eigenvalue weighted by Crippen LogP contribution is 2.23. The van der Waals surface area contributed by atoms with Crippen LogP contribution in [0.4, 0.5) is 0 Å². The number of amides is 2. The number of hydrogen-bond donors (Lipinski definition) is 1. The van der Waals surface area contributed by atoms with Crippen molar-refractivity contribution in [2.24, 2.45) is 0 Å². The van der Waals surface area contributed by atoms with Gasteiger partial charge in [-0.1, -0.05) is 0 Å². The number of hydrogen-bond acceptors (Lipinski definition) is 5. The lowest BCUT2D eigenvalue weighted by atomic mass is 10.0. The van der Waals surface area contributed by atoms with Gasteiger partial charge in [0, 0.05) is 56.2 Å². The number of rotatable bonds is 6. The molecule has 0 aliphatic carbocycles. The minimum atomic E-state index is -0.514. The number of methoxy groups -OCH3 is 1. The van der Waals surface area contributed by atoms with E-state index < -0.39 is 6.04 Å². The van der Waals surface area contributed by atoms with Crippen LogP contribution in [0.5, 0.6) is 5.75 Å². The van der Waals surface area contributed by atoms with Crippen LogP contribution in [-0.2, 0) is 11.3 Å². The molecule has 2 aromatic rings. The fourth-order valence-electron chi connectivity index (χ4n) is 3.68. The van der Waals surface area contributed by atoms with Crippen LogP contribution in [0.15, 0.2) is 36.7 Å². The average molecular weight is 399 g/mol. The number of ether oxygens (including phenoxy) is 1. The Kier molecular flexibility index (Phi) is 6.53. The third-order valence-electron chi connectivity index (χ3n) is 5.37. The van der Waals surface area contributed by atoms with E-state index in [9.17, 15) is 9.59 Å². The quantitative estimate of drug-likeness (QED) is 0.790. The molecule has 1 unspecified atom stereocenters. The van der Waals surface area contributed by atoms with Gasteiger partial charge in [-0.25, -0.2) is 0 Å². The summed E-state index contributed by atoms with van der Waals surface area (Å²) < 4.78 is 7.23. The van der Waals surface area contributed by atoms with Crippen LogP contribution < -0.4 is 10.1 Å². The third-order valence-corrected chi connectivity index (χ3v) is 5.37. The van der Waals surface area contributed by atoms with E-state index in [2.05, 4.69) is 29.2 Å². The lowest BCUT2D eigenvalue weighted by Crippen LogP contribution is -2.61. The van der Waals surface area contributed by atoms with Gasteiger partial charge < -0.3 is 15.0 Å². The predicted octanol–water partition coefficient (Wildman–Crippen LogP) is 1.22. The minimum absolute atomic E-state index is 0.144. The molecule has 0 saturated carbocycles. The van der Waals surface area contributed by atoms with Crippen molar-refractivity contribution in [1.29, 1.82) is 0 Å². The van der Waals surface area contributed by atoms with E-state index >= 15 is 0 Å². The fourth-order valence-corrected chi connectivity index (χ4v) is 3.68. The molecule has 0 bridgehead atoms. The number of nitrogens with one attached hydrogen (secondary N) is 1. The zero-order chi connectivity index (χ0) is 21.0. The molecule has 3 rings (SSSR count). The van der Waals surface area contributed by atoms with E-state index in [1.807, 2.05) is 18.3 Å². The monoisotopic (exact) mass is 399 g/mol. The summed E-state index contributed by atoms with van der Waals surface area (Å²) in [6.07, 6.45) is 3.57. The van der Waals surface area contributed by atoms with E-state index in [1.165, 1.54) is 0 Å². The van der Waals surface area contributed by atoms with E-state index in [4.69, 9.17) is 4.74 Å². The summed E-state index contributed by atoms with van der Waals surface area (Å²) >= 11 is 0. The van der Waals surface area contributed by atoms with Crippen molar-refractivity contribution in [3.05, 3.63) is 47.8 Å². The summed E-state index contributed by atoms with van der Waals surface area (Å²) in [6, 6.07) is 7.04. The van der Waals surface area contributed by atoms with E-state index in [0.29, 0.717) is 37.0 Å². The molecule has 156 valence electrons. The van der Waals surface area contributed by atoms with Crippen molar-refractivity contribution in [3.8, 4) is 5.75 Å². The van der Waals surface area contributed by atoms with Crippen molar-refractivity contribution < 1.29 is 14.3 Å². The van der Waals surface area contributed by atoms with Crippen molar-refractivity contribution >= 4 is 11.8 Å². The standard InChI is InChI=1S/C21H29N5O3/c1-15(2)24-10-11-26(18(14-24)20(27)22-3)21(28)16-6-7-19(29-4)17(12-16)13-25-9-5-8-23-25/h5-9,12,15,18H,10-11,13-14H2,1-4H3,(H,22,27). The third kappa shape index (κ3) is 4.59. The molecule has 8 heteroatoms. The number of benzene rings is 1. The molecule has 1 aliphatic heterocycles. The Balaban J connectivity index is 1.87. The normalized spacial score (nSPS) is 17.4. The zero-order valence-electron chi connectivity index (χ0n) is 17.5. The van der Waals surface area contributed by atoms with E-state index in [1.54, 1.807) is 42.1 Å². The number of carbonyl (C=O) groups excluding carboxylic acids is 2. The molecule has 1 aliphatic rings. The van der Waals surface area contributed by atoms with Crippen molar-refractivity contribution in [2.45, 2.75) is 32.5 Å². The van der Waals surface area contributed by atoms with Crippen LogP contribution in [-0.4, -0.2) is 77.3 Å². The Morgan fingerprint density at radius 3 is 2.72 bits per heavy atom. The van der Waals surface area contributed by atoms with Gasteiger partial charge in [-0.15, -0.1) is 0 Å². The molecule has 0 radical (unpaired) electrons. The summed E-state index contributed by atoms with van der Waals surface area (Å²) in [6.45, 7) is 6.48. The van der Waals surface area contributed by atoms with Crippen molar-refractivity contribution in [3.63, 3.8) is 0 Å². The first kappa shape index (κ1) is 20.9. The maximum absolute atomic E-state index is 13.3. The molecule has 8 nitrogen and oxygen atoms in total. The maximum atomic E-state index is 13.3. The second-order valence-electron chi connectivity index (χ2n) is 7.45.